The van der Waals surface area contributed by atoms with E-state index in [2.05, 4.69) is 9.97 Å². The third-order valence-electron chi connectivity index (χ3n) is 1.95. The van der Waals surface area contributed by atoms with Crippen molar-refractivity contribution in [1.82, 2.24) is 9.97 Å². The Bertz CT molecular complexity index is 512. The molecular weight excluding hydrogens is 224 g/mol. The van der Waals surface area contributed by atoms with Gasteiger partial charge in [0.1, 0.15) is 11.3 Å². The van der Waals surface area contributed by atoms with E-state index in [0.29, 0.717) is 5.69 Å². The number of aliphatic hydroxyl groups excluding tert-OH is 1. The average molecular weight is 238 g/mol. The second kappa shape index (κ2) is 5.29. The van der Waals surface area contributed by atoms with Crippen LogP contribution in [0, 0.1) is 6.92 Å². The van der Waals surface area contributed by atoms with E-state index in [1.807, 2.05) is 0 Å². The topological polar surface area (TPSA) is 92.3 Å². The molecule has 2 N–H and O–H groups in total. The Labute approximate surface area is 98.0 Å². The fourth-order valence-electron chi connectivity index (χ4n) is 1.32. The van der Waals surface area contributed by atoms with E-state index in [0.717, 1.165) is 0 Å². The van der Waals surface area contributed by atoms with Crippen LogP contribution in [-0.2, 0) is 9.53 Å². The lowest BCUT2D eigenvalue weighted by Crippen LogP contribution is -2.17. The molecule has 6 nitrogen and oxygen atoms in total. The Morgan fingerprint density at radius 2 is 2.24 bits per heavy atom. The number of aryl methyl sites for hydroxylation is 1. The van der Waals surface area contributed by atoms with Crippen LogP contribution in [0.3, 0.4) is 0 Å². The second-order valence-corrected chi connectivity index (χ2v) is 3.42. The number of aromatic nitrogens is 2. The molecule has 0 spiro atoms. The van der Waals surface area contributed by atoms with Crippen LogP contribution < -0.4 is 5.56 Å². The summed E-state index contributed by atoms with van der Waals surface area (Å²) in [7, 11) is 0. The normalized spacial score (nSPS) is 11.9. The molecule has 6 heteroatoms. The number of H-pyrrole nitrogens is 1. The van der Waals surface area contributed by atoms with Gasteiger partial charge in [-0.1, -0.05) is 0 Å². The SMILES string of the molecule is CCOC(=O)/C(=C(/C)O)c1nc(C)cc(=O)[nH]1. The fourth-order valence-corrected chi connectivity index (χ4v) is 1.32. The smallest absolute Gasteiger partial charge is 0.345 e. The number of allylic oxidation sites excluding steroid dienone is 1. The first-order chi connectivity index (χ1) is 7.95. The van der Waals surface area contributed by atoms with Gasteiger partial charge in [0.25, 0.3) is 5.56 Å². The molecule has 92 valence electrons. The highest BCUT2D eigenvalue weighted by Crippen LogP contribution is 2.14. The molecule has 1 heterocycles. The van der Waals surface area contributed by atoms with Gasteiger partial charge in [-0.2, -0.15) is 0 Å². The molecule has 0 saturated carbocycles. The van der Waals surface area contributed by atoms with Crippen molar-refractivity contribution < 1.29 is 14.6 Å². The molecule has 0 aromatic carbocycles. The quantitative estimate of drug-likeness (QED) is 0.464. The van der Waals surface area contributed by atoms with Crippen LogP contribution in [0.2, 0.25) is 0 Å². The lowest BCUT2D eigenvalue weighted by molar-refractivity contribution is -0.136. The van der Waals surface area contributed by atoms with E-state index in [4.69, 9.17) is 4.74 Å². The molecule has 0 saturated heterocycles. The predicted octanol–water partition coefficient (Wildman–Crippen LogP) is 0.930. The number of carbonyl (C=O) groups excluding carboxylic acids is 1. The number of aromatic amines is 1. The molecule has 1 aromatic heterocycles. The Balaban J connectivity index is 3.30. The van der Waals surface area contributed by atoms with E-state index in [1.54, 1.807) is 13.8 Å². The van der Waals surface area contributed by atoms with Gasteiger partial charge in [-0.05, 0) is 20.8 Å². The number of esters is 1. The van der Waals surface area contributed by atoms with Gasteiger partial charge < -0.3 is 14.8 Å². The maximum atomic E-state index is 11.6. The van der Waals surface area contributed by atoms with Crippen molar-refractivity contribution in [3.05, 3.63) is 33.7 Å². The van der Waals surface area contributed by atoms with Crippen molar-refractivity contribution in [1.29, 1.82) is 0 Å². The van der Waals surface area contributed by atoms with E-state index in [-0.39, 0.29) is 23.8 Å². The third-order valence-corrected chi connectivity index (χ3v) is 1.95. The average Bonchev–Trinajstić information content (AvgIpc) is 2.15. The molecular formula is C11H14N2O4. The summed E-state index contributed by atoms with van der Waals surface area (Å²) >= 11 is 0. The molecule has 1 aromatic rings. The number of nitrogens with one attached hydrogen (secondary N) is 1. The van der Waals surface area contributed by atoms with E-state index >= 15 is 0 Å². The van der Waals surface area contributed by atoms with E-state index in [1.165, 1.54) is 13.0 Å². The van der Waals surface area contributed by atoms with Crippen LogP contribution in [0.15, 0.2) is 16.6 Å². The van der Waals surface area contributed by atoms with Crippen molar-refractivity contribution in [2.24, 2.45) is 0 Å². The Hall–Kier alpha value is -2.11. The Kier molecular flexibility index (Phi) is 4.03. The minimum atomic E-state index is -0.721. The number of rotatable bonds is 3. The highest BCUT2D eigenvalue weighted by molar-refractivity contribution is 6.15. The monoisotopic (exact) mass is 238 g/mol. The predicted molar refractivity (Wildman–Crippen MR) is 61.5 cm³/mol. The molecule has 0 aliphatic carbocycles. The Morgan fingerprint density at radius 3 is 2.71 bits per heavy atom. The third kappa shape index (κ3) is 3.17. The number of hydrogen-bond acceptors (Lipinski definition) is 5. The summed E-state index contributed by atoms with van der Waals surface area (Å²) in [5, 5.41) is 9.46. The van der Waals surface area contributed by atoms with Crippen molar-refractivity contribution in [3.63, 3.8) is 0 Å². The highest BCUT2D eigenvalue weighted by atomic mass is 16.5. The van der Waals surface area contributed by atoms with Crippen LogP contribution in [-0.4, -0.2) is 27.7 Å². The molecule has 17 heavy (non-hydrogen) atoms. The van der Waals surface area contributed by atoms with Crippen LogP contribution >= 0.6 is 0 Å². The minimum absolute atomic E-state index is 0.00782. The molecule has 0 bridgehead atoms. The molecule has 0 amide bonds. The highest BCUT2D eigenvalue weighted by Gasteiger charge is 2.19. The lowest BCUT2D eigenvalue weighted by Gasteiger charge is -2.07. The van der Waals surface area contributed by atoms with Gasteiger partial charge in [-0.15, -0.1) is 0 Å². The van der Waals surface area contributed by atoms with Crippen molar-refractivity contribution in [3.8, 4) is 0 Å². The van der Waals surface area contributed by atoms with Gasteiger partial charge in [-0.25, -0.2) is 9.78 Å². The summed E-state index contributed by atoms with van der Waals surface area (Å²) in [5.74, 6) is -0.966. The summed E-state index contributed by atoms with van der Waals surface area (Å²) in [6, 6.07) is 1.29. The Morgan fingerprint density at radius 1 is 1.59 bits per heavy atom. The second-order valence-electron chi connectivity index (χ2n) is 3.42. The maximum absolute atomic E-state index is 11.6. The molecule has 0 atom stereocenters. The number of carbonyl (C=O) groups is 1. The van der Waals surface area contributed by atoms with Crippen molar-refractivity contribution >= 4 is 11.5 Å². The van der Waals surface area contributed by atoms with Gasteiger partial charge in [0.2, 0.25) is 0 Å². The lowest BCUT2D eigenvalue weighted by atomic mass is 10.2. The van der Waals surface area contributed by atoms with Crippen LogP contribution in [0.4, 0.5) is 0 Å². The molecule has 0 unspecified atom stereocenters. The zero-order chi connectivity index (χ0) is 13.0. The maximum Gasteiger partial charge on any atom is 0.345 e. The zero-order valence-electron chi connectivity index (χ0n) is 9.90. The molecule has 0 fully saturated rings. The standard InChI is InChI=1S/C11H14N2O4/c1-4-17-11(16)9(7(3)14)10-12-6(2)5-8(15)13-10/h5,14H,4H2,1-3H3,(H,12,13,15)/b9-7-. The van der Waals surface area contributed by atoms with E-state index < -0.39 is 11.5 Å². The summed E-state index contributed by atoms with van der Waals surface area (Å²) in [6.45, 7) is 4.77. The summed E-state index contributed by atoms with van der Waals surface area (Å²) in [5.41, 5.74) is -0.0741. The fraction of sp³-hybridized carbons (Fsp3) is 0.364. The van der Waals surface area contributed by atoms with Gasteiger partial charge >= 0.3 is 5.97 Å². The molecule has 0 aliphatic heterocycles. The number of nitrogens with zero attached hydrogens (tertiary/aromatic N) is 1. The first kappa shape index (κ1) is 13.0. The van der Waals surface area contributed by atoms with Crippen molar-refractivity contribution in [2.45, 2.75) is 20.8 Å². The van der Waals surface area contributed by atoms with E-state index in [9.17, 15) is 14.7 Å². The minimum Gasteiger partial charge on any atom is -0.512 e. The van der Waals surface area contributed by atoms with Gasteiger partial charge in [0, 0.05) is 11.8 Å². The van der Waals surface area contributed by atoms with Gasteiger partial charge in [-0.3, -0.25) is 4.79 Å². The molecule has 0 radical (unpaired) electrons. The van der Waals surface area contributed by atoms with Gasteiger partial charge in [0.05, 0.1) is 6.61 Å². The van der Waals surface area contributed by atoms with Crippen LogP contribution in [0.1, 0.15) is 25.4 Å². The summed E-state index contributed by atoms with van der Waals surface area (Å²) in [4.78, 5) is 29.2. The molecule has 0 aliphatic rings. The van der Waals surface area contributed by atoms with Crippen LogP contribution in [0.25, 0.3) is 5.57 Å². The number of ether oxygens (including phenoxy) is 1. The van der Waals surface area contributed by atoms with Crippen molar-refractivity contribution in [2.75, 3.05) is 6.61 Å². The number of hydrogen-bond donors (Lipinski definition) is 2. The first-order valence-electron chi connectivity index (χ1n) is 5.11. The first-order valence-corrected chi connectivity index (χ1v) is 5.11. The van der Waals surface area contributed by atoms with Crippen LogP contribution in [0.5, 0.6) is 0 Å². The van der Waals surface area contributed by atoms with Gasteiger partial charge in [0.15, 0.2) is 5.82 Å². The zero-order valence-corrected chi connectivity index (χ0v) is 9.90. The number of aliphatic hydroxyl groups is 1. The summed E-state index contributed by atoms with van der Waals surface area (Å²) < 4.78 is 4.78. The molecule has 1 rings (SSSR count). The largest absolute Gasteiger partial charge is 0.512 e. The summed E-state index contributed by atoms with van der Waals surface area (Å²) in [6.07, 6.45) is 0.